The summed E-state index contributed by atoms with van der Waals surface area (Å²) in [4.78, 5) is 16.8. The second kappa shape index (κ2) is 8.59. The Kier molecular flexibility index (Phi) is 5.97. The van der Waals surface area contributed by atoms with E-state index < -0.39 is 0 Å². The molecule has 0 aromatic heterocycles. The molecule has 2 amide bonds. The maximum Gasteiger partial charge on any atom is 0.322 e. The molecular formula is C22H26N4O. The number of nitrogens with zero attached hydrogens (tertiary/aromatic N) is 3. The molecule has 1 aliphatic rings. The lowest BCUT2D eigenvalue weighted by molar-refractivity contribution is 0.208. The summed E-state index contributed by atoms with van der Waals surface area (Å²) >= 11 is 0. The Hall–Kier alpha value is -3.00. The van der Waals surface area contributed by atoms with E-state index >= 15 is 0 Å². The summed E-state index contributed by atoms with van der Waals surface area (Å²) in [6.07, 6.45) is 2.02. The van der Waals surface area contributed by atoms with Gasteiger partial charge >= 0.3 is 6.03 Å². The van der Waals surface area contributed by atoms with Gasteiger partial charge in [-0.05, 0) is 36.1 Å². The minimum absolute atomic E-state index is 0.142. The van der Waals surface area contributed by atoms with Gasteiger partial charge in [-0.2, -0.15) is 5.26 Å². The molecule has 0 radical (unpaired) electrons. The van der Waals surface area contributed by atoms with Gasteiger partial charge in [0.2, 0.25) is 0 Å². The minimum Gasteiger partial charge on any atom is -0.368 e. The molecule has 3 rings (SSSR count). The van der Waals surface area contributed by atoms with Crippen molar-refractivity contribution in [2.45, 2.75) is 26.7 Å². The van der Waals surface area contributed by atoms with Crippen LogP contribution in [0.3, 0.4) is 0 Å². The number of hydrogen-bond acceptors (Lipinski definition) is 3. The smallest absolute Gasteiger partial charge is 0.322 e. The average molecular weight is 362 g/mol. The molecule has 0 saturated carbocycles. The van der Waals surface area contributed by atoms with E-state index in [1.165, 1.54) is 16.8 Å². The topological polar surface area (TPSA) is 59.4 Å². The Labute approximate surface area is 161 Å². The number of nitriles is 1. The maximum absolute atomic E-state index is 12.6. The third-order valence-corrected chi connectivity index (χ3v) is 5.14. The van der Waals surface area contributed by atoms with Gasteiger partial charge in [-0.25, -0.2) is 4.79 Å². The van der Waals surface area contributed by atoms with Gasteiger partial charge in [0, 0.05) is 31.9 Å². The van der Waals surface area contributed by atoms with Gasteiger partial charge in [0.15, 0.2) is 0 Å². The summed E-state index contributed by atoms with van der Waals surface area (Å²) in [5.41, 5.74) is 5.13. The summed E-state index contributed by atoms with van der Waals surface area (Å²) in [5, 5.41) is 12.1. The lowest BCUT2D eigenvalue weighted by atomic mass is 10.0. The zero-order valence-electron chi connectivity index (χ0n) is 16.0. The molecule has 5 heteroatoms. The number of nitrogens with one attached hydrogen (secondary N) is 1. The van der Waals surface area contributed by atoms with Crippen LogP contribution >= 0.6 is 0 Å². The van der Waals surface area contributed by atoms with E-state index in [2.05, 4.69) is 48.3 Å². The molecule has 1 fully saturated rings. The first-order valence-electron chi connectivity index (χ1n) is 9.58. The van der Waals surface area contributed by atoms with E-state index in [0.717, 1.165) is 25.9 Å². The maximum atomic E-state index is 12.6. The molecule has 1 aliphatic heterocycles. The second-order valence-electron chi connectivity index (χ2n) is 6.69. The number of aryl methyl sites for hydroxylation is 2. The average Bonchev–Trinajstić information content (AvgIpc) is 2.73. The highest BCUT2D eigenvalue weighted by molar-refractivity contribution is 5.91. The van der Waals surface area contributed by atoms with E-state index in [0.29, 0.717) is 24.3 Å². The molecular weight excluding hydrogens is 336 g/mol. The first kappa shape index (κ1) is 18.8. The third-order valence-electron chi connectivity index (χ3n) is 5.14. The fraction of sp³-hybridized carbons (Fsp3) is 0.364. The standard InChI is InChI=1S/C22H26N4O/c1-3-17-9-7-10-18(4-2)21(17)25-12-14-26(15-13-25)22(27)24-20-11-6-5-8-19(20)16-23/h5-11H,3-4,12-15H2,1-2H3,(H,24,27). The largest absolute Gasteiger partial charge is 0.368 e. The molecule has 0 spiro atoms. The van der Waals surface area contributed by atoms with E-state index in [1.54, 1.807) is 18.2 Å². The van der Waals surface area contributed by atoms with Crippen LogP contribution in [0.25, 0.3) is 0 Å². The van der Waals surface area contributed by atoms with Crippen LogP contribution < -0.4 is 10.2 Å². The summed E-state index contributed by atoms with van der Waals surface area (Å²) < 4.78 is 0. The van der Waals surface area contributed by atoms with Crippen LogP contribution in [0, 0.1) is 11.3 Å². The van der Waals surface area contributed by atoms with Gasteiger partial charge in [-0.1, -0.05) is 44.2 Å². The van der Waals surface area contributed by atoms with Gasteiger partial charge in [0.05, 0.1) is 11.3 Å². The number of anilines is 2. The monoisotopic (exact) mass is 362 g/mol. The first-order valence-corrected chi connectivity index (χ1v) is 9.58. The molecule has 27 heavy (non-hydrogen) atoms. The zero-order chi connectivity index (χ0) is 19.2. The molecule has 140 valence electrons. The lowest BCUT2D eigenvalue weighted by Gasteiger charge is -2.38. The summed E-state index contributed by atoms with van der Waals surface area (Å²) in [5.74, 6) is 0. The number of benzene rings is 2. The van der Waals surface area contributed by atoms with Crippen LogP contribution in [-0.2, 0) is 12.8 Å². The molecule has 1 heterocycles. The Balaban J connectivity index is 1.67. The SMILES string of the molecule is CCc1cccc(CC)c1N1CCN(C(=O)Nc2ccccc2C#N)CC1. The molecule has 1 saturated heterocycles. The summed E-state index contributed by atoms with van der Waals surface area (Å²) in [6, 6.07) is 15.6. The Morgan fingerprint density at radius 1 is 1.00 bits per heavy atom. The third kappa shape index (κ3) is 4.06. The number of carbonyl (C=O) groups is 1. The fourth-order valence-electron chi connectivity index (χ4n) is 3.64. The lowest BCUT2D eigenvalue weighted by Crippen LogP contribution is -2.50. The summed E-state index contributed by atoms with van der Waals surface area (Å²) in [6.45, 7) is 7.35. The number of carbonyl (C=O) groups excluding carboxylic acids is 1. The van der Waals surface area contributed by atoms with Crippen molar-refractivity contribution in [3.05, 3.63) is 59.2 Å². The number of piperazine rings is 1. The molecule has 0 aliphatic carbocycles. The number of hydrogen-bond donors (Lipinski definition) is 1. The van der Waals surface area contributed by atoms with Crippen LogP contribution in [0.2, 0.25) is 0 Å². The number of urea groups is 1. The Morgan fingerprint density at radius 2 is 1.63 bits per heavy atom. The van der Waals surface area contributed by atoms with Crippen LogP contribution in [0.4, 0.5) is 16.2 Å². The number of rotatable bonds is 4. The number of para-hydroxylation sites is 2. The van der Waals surface area contributed by atoms with Crippen molar-refractivity contribution < 1.29 is 4.79 Å². The van der Waals surface area contributed by atoms with Crippen molar-refractivity contribution in [2.75, 3.05) is 36.4 Å². The highest BCUT2D eigenvalue weighted by Gasteiger charge is 2.24. The van der Waals surface area contributed by atoms with Crippen molar-refractivity contribution in [1.29, 1.82) is 5.26 Å². The van der Waals surface area contributed by atoms with Gasteiger partial charge in [-0.3, -0.25) is 0 Å². The van der Waals surface area contributed by atoms with Gasteiger partial charge in [-0.15, -0.1) is 0 Å². The normalized spacial score (nSPS) is 14.0. The highest BCUT2D eigenvalue weighted by atomic mass is 16.2. The van der Waals surface area contributed by atoms with E-state index in [9.17, 15) is 10.1 Å². The van der Waals surface area contributed by atoms with Gasteiger partial charge in [0.1, 0.15) is 6.07 Å². The van der Waals surface area contributed by atoms with E-state index in [-0.39, 0.29) is 6.03 Å². The molecule has 0 bridgehead atoms. The van der Waals surface area contributed by atoms with Crippen molar-refractivity contribution >= 4 is 17.4 Å². The molecule has 1 N–H and O–H groups in total. The van der Waals surface area contributed by atoms with Gasteiger partial charge < -0.3 is 15.1 Å². The first-order chi connectivity index (χ1) is 13.2. The predicted molar refractivity (Wildman–Crippen MR) is 109 cm³/mol. The van der Waals surface area contributed by atoms with Crippen molar-refractivity contribution in [3.63, 3.8) is 0 Å². The second-order valence-corrected chi connectivity index (χ2v) is 6.69. The highest BCUT2D eigenvalue weighted by Crippen LogP contribution is 2.28. The van der Waals surface area contributed by atoms with E-state index in [1.807, 2.05) is 11.0 Å². The van der Waals surface area contributed by atoms with E-state index in [4.69, 9.17) is 0 Å². The van der Waals surface area contributed by atoms with Crippen molar-refractivity contribution in [3.8, 4) is 6.07 Å². The van der Waals surface area contributed by atoms with Crippen LogP contribution in [0.1, 0.15) is 30.5 Å². The molecule has 2 aromatic carbocycles. The predicted octanol–water partition coefficient (Wildman–Crippen LogP) is 4.04. The summed E-state index contributed by atoms with van der Waals surface area (Å²) in [7, 11) is 0. The quantitative estimate of drug-likeness (QED) is 0.893. The van der Waals surface area contributed by atoms with Gasteiger partial charge in [0.25, 0.3) is 0 Å². The zero-order valence-corrected chi connectivity index (χ0v) is 16.0. The van der Waals surface area contributed by atoms with Crippen LogP contribution in [-0.4, -0.2) is 37.1 Å². The Bertz CT molecular complexity index is 825. The molecule has 2 aromatic rings. The Morgan fingerprint density at radius 3 is 2.22 bits per heavy atom. The van der Waals surface area contributed by atoms with Crippen molar-refractivity contribution in [1.82, 2.24) is 4.90 Å². The van der Waals surface area contributed by atoms with Crippen LogP contribution in [0.15, 0.2) is 42.5 Å². The minimum atomic E-state index is -0.142. The molecule has 0 unspecified atom stereocenters. The molecule has 0 atom stereocenters. The van der Waals surface area contributed by atoms with Crippen LogP contribution in [0.5, 0.6) is 0 Å². The number of amides is 2. The van der Waals surface area contributed by atoms with Crippen molar-refractivity contribution in [2.24, 2.45) is 0 Å². The fourth-order valence-corrected chi connectivity index (χ4v) is 3.64. The molecule has 5 nitrogen and oxygen atoms in total.